The summed E-state index contributed by atoms with van der Waals surface area (Å²) < 4.78 is 26.1. The van der Waals surface area contributed by atoms with Gasteiger partial charge in [0.05, 0.1) is 11.8 Å². The Morgan fingerprint density at radius 2 is 2.38 bits per heavy atom. The number of carbonyl (C=O) groups excluding carboxylic acids is 1. The van der Waals surface area contributed by atoms with Gasteiger partial charge in [-0.15, -0.1) is 0 Å². The highest BCUT2D eigenvalue weighted by atomic mass is 19.3. The Morgan fingerprint density at radius 1 is 1.69 bits per heavy atom. The minimum absolute atomic E-state index is 0.122. The van der Waals surface area contributed by atoms with Crippen LogP contribution in [0.4, 0.5) is 8.78 Å². The number of nitrogens with zero attached hydrogens (tertiary/aromatic N) is 2. The minimum atomic E-state index is -2.69. The van der Waals surface area contributed by atoms with Crippen LogP contribution >= 0.6 is 0 Å². The summed E-state index contributed by atoms with van der Waals surface area (Å²) in [5.41, 5.74) is 0.402. The lowest BCUT2D eigenvalue weighted by molar-refractivity contribution is 0.00779. The first-order chi connectivity index (χ1) is 6.01. The van der Waals surface area contributed by atoms with E-state index in [1.807, 2.05) is 0 Å². The lowest BCUT2D eigenvalue weighted by Gasteiger charge is -2.08. The number of carbonyl (C=O) groups is 1. The molecule has 0 aromatic carbocycles. The largest absolute Gasteiger partial charge is 0.298 e. The average Bonchev–Trinajstić information content (AvgIpc) is 2.47. The maximum atomic E-state index is 12.4. The zero-order valence-electron chi connectivity index (χ0n) is 7.20. The van der Waals surface area contributed by atoms with Gasteiger partial charge in [-0.1, -0.05) is 0 Å². The quantitative estimate of drug-likeness (QED) is 0.674. The number of aromatic nitrogens is 2. The fourth-order valence-corrected chi connectivity index (χ4v) is 0.874. The maximum absolute atomic E-state index is 12.4. The summed E-state index contributed by atoms with van der Waals surface area (Å²) in [7, 11) is 0. The van der Waals surface area contributed by atoms with E-state index < -0.39 is 5.92 Å². The van der Waals surface area contributed by atoms with E-state index in [1.54, 1.807) is 0 Å². The molecule has 0 unspecified atom stereocenters. The summed E-state index contributed by atoms with van der Waals surface area (Å²) in [6, 6.07) is 0. The highest BCUT2D eigenvalue weighted by Gasteiger charge is 2.20. The molecule has 72 valence electrons. The van der Waals surface area contributed by atoms with Crippen LogP contribution in [0.15, 0.2) is 12.4 Å². The van der Waals surface area contributed by atoms with Crippen molar-refractivity contribution in [1.82, 2.24) is 9.78 Å². The van der Waals surface area contributed by atoms with E-state index in [4.69, 9.17) is 0 Å². The van der Waals surface area contributed by atoms with Gasteiger partial charge in [0.1, 0.15) is 0 Å². The molecule has 0 N–H and O–H groups in total. The second kappa shape index (κ2) is 3.64. The standard InChI is InChI=1S/C8H10F2N2O/c1-8(9,10)2-3-12-5-7(6-13)4-11-12/h4-6H,2-3H2,1H3. The maximum Gasteiger partial charge on any atom is 0.247 e. The Hall–Kier alpha value is -1.26. The van der Waals surface area contributed by atoms with Crippen LogP contribution in [0.5, 0.6) is 0 Å². The fraction of sp³-hybridized carbons (Fsp3) is 0.500. The molecular formula is C8H10F2N2O. The highest BCUT2D eigenvalue weighted by Crippen LogP contribution is 2.17. The summed E-state index contributed by atoms with van der Waals surface area (Å²) in [6.07, 6.45) is 3.15. The molecule has 0 amide bonds. The first-order valence-corrected chi connectivity index (χ1v) is 3.87. The van der Waals surface area contributed by atoms with Crippen molar-refractivity contribution in [3.8, 4) is 0 Å². The molecule has 1 heterocycles. The molecule has 0 spiro atoms. The Bertz CT molecular complexity index is 291. The normalized spacial score (nSPS) is 11.6. The van der Waals surface area contributed by atoms with Gasteiger partial charge >= 0.3 is 0 Å². The number of hydrogen-bond donors (Lipinski definition) is 0. The summed E-state index contributed by atoms with van der Waals surface area (Å²) in [5, 5.41) is 3.74. The van der Waals surface area contributed by atoms with Gasteiger partial charge in [0.2, 0.25) is 5.92 Å². The summed E-state index contributed by atoms with van der Waals surface area (Å²) in [6.45, 7) is 0.981. The van der Waals surface area contributed by atoms with Gasteiger partial charge in [-0.25, -0.2) is 8.78 Å². The Kier molecular flexibility index (Phi) is 2.75. The minimum Gasteiger partial charge on any atom is -0.298 e. The van der Waals surface area contributed by atoms with Crippen molar-refractivity contribution in [3.05, 3.63) is 18.0 Å². The molecule has 3 nitrogen and oxygen atoms in total. The van der Waals surface area contributed by atoms with Gasteiger partial charge in [0, 0.05) is 19.2 Å². The first kappa shape index (κ1) is 9.83. The van der Waals surface area contributed by atoms with Crippen LogP contribution in [0.3, 0.4) is 0 Å². The Morgan fingerprint density at radius 3 is 2.85 bits per heavy atom. The van der Waals surface area contributed by atoms with Crippen LogP contribution < -0.4 is 0 Å². The predicted octanol–water partition coefficient (Wildman–Crippen LogP) is 1.74. The molecular weight excluding hydrogens is 178 g/mol. The summed E-state index contributed by atoms with van der Waals surface area (Å²) in [4.78, 5) is 10.2. The first-order valence-electron chi connectivity index (χ1n) is 3.87. The van der Waals surface area contributed by atoms with Crippen molar-refractivity contribution in [2.24, 2.45) is 0 Å². The van der Waals surface area contributed by atoms with E-state index in [1.165, 1.54) is 17.1 Å². The van der Waals surface area contributed by atoms with Crippen molar-refractivity contribution in [1.29, 1.82) is 0 Å². The van der Waals surface area contributed by atoms with E-state index in [-0.39, 0.29) is 13.0 Å². The van der Waals surface area contributed by atoms with Crippen molar-refractivity contribution >= 4 is 6.29 Å². The van der Waals surface area contributed by atoms with Crippen LogP contribution in [0, 0.1) is 0 Å². The van der Waals surface area contributed by atoms with Crippen LogP contribution in [-0.4, -0.2) is 22.0 Å². The van der Waals surface area contributed by atoms with Gasteiger partial charge in [-0.05, 0) is 6.92 Å². The Labute approximate surface area is 74.4 Å². The van der Waals surface area contributed by atoms with Gasteiger partial charge in [0.25, 0.3) is 0 Å². The van der Waals surface area contributed by atoms with E-state index in [0.29, 0.717) is 11.8 Å². The zero-order chi connectivity index (χ0) is 9.90. The van der Waals surface area contributed by atoms with Gasteiger partial charge in [-0.3, -0.25) is 9.48 Å². The molecule has 0 aliphatic rings. The second-order valence-electron chi connectivity index (χ2n) is 2.97. The van der Waals surface area contributed by atoms with E-state index >= 15 is 0 Å². The second-order valence-corrected chi connectivity index (χ2v) is 2.97. The predicted molar refractivity (Wildman–Crippen MR) is 42.9 cm³/mol. The number of aryl methyl sites for hydroxylation is 1. The molecule has 0 aliphatic carbocycles. The van der Waals surface area contributed by atoms with Crippen LogP contribution in [0.25, 0.3) is 0 Å². The number of rotatable bonds is 4. The molecule has 13 heavy (non-hydrogen) atoms. The van der Waals surface area contributed by atoms with Crippen molar-refractivity contribution < 1.29 is 13.6 Å². The number of aldehydes is 1. The van der Waals surface area contributed by atoms with Crippen molar-refractivity contribution in [2.75, 3.05) is 0 Å². The number of alkyl halides is 2. The third kappa shape index (κ3) is 3.31. The number of halogens is 2. The monoisotopic (exact) mass is 188 g/mol. The molecule has 1 rings (SSSR count). The van der Waals surface area contributed by atoms with Crippen LogP contribution in [-0.2, 0) is 6.54 Å². The molecule has 5 heteroatoms. The molecule has 0 aliphatic heterocycles. The molecule has 1 aromatic rings. The van der Waals surface area contributed by atoms with Gasteiger partial charge in [-0.2, -0.15) is 5.10 Å². The van der Waals surface area contributed by atoms with E-state index in [9.17, 15) is 13.6 Å². The molecule has 0 saturated heterocycles. The molecule has 0 fully saturated rings. The number of hydrogen-bond acceptors (Lipinski definition) is 2. The molecule has 0 radical (unpaired) electrons. The van der Waals surface area contributed by atoms with E-state index in [2.05, 4.69) is 5.10 Å². The lowest BCUT2D eigenvalue weighted by Crippen LogP contribution is -2.13. The third-order valence-electron chi connectivity index (χ3n) is 1.57. The SMILES string of the molecule is CC(F)(F)CCn1cc(C=O)cn1. The lowest BCUT2D eigenvalue weighted by atomic mass is 10.3. The summed E-state index contributed by atoms with van der Waals surface area (Å²) in [5.74, 6) is -2.69. The fourth-order valence-electron chi connectivity index (χ4n) is 0.874. The van der Waals surface area contributed by atoms with Gasteiger partial charge < -0.3 is 0 Å². The Balaban J connectivity index is 2.50. The molecule has 0 saturated carbocycles. The smallest absolute Gasteiger partial charge is 0.247 e. The van der Waals surface area contributed by atoms with Gasteiger partial charge in [0.15, 0.2) is 6.29 Å². The van der Waals surface area contributed by atoms with Crippen molar-refractivity contribution in [2.45, 2.75) is 25.8 Å². The molecule has 1 aromatic heterocycles. The molecule has 0 bridgehead atoms. The van der Waals surface area contributed by atoms with Crippen LogP contribution in [0.2, 0.25) is 0 Å². The highest BCUT2D eigenvalue weighted by molar-refractivity contribution is 5.73. The topological polar surface area (TPSA) is 34.9 Å². The average molecular weight is 188 g/mol. The van der Waals surface area contributed by atoms with E-state index in [0.717, 1.165) is 6.92 Å². The molecule has 0 atom stereocenters. The third-order valence-corrected chi connectivity index (χ3v) is 1.57. The zero-order valence-corrected chi connectivity index (χ0v) is 7.20. The summed E-state index contributed by atoms with van der Waals surface area (Å²) >= 11 is 0. The van der Waals surface area contributed by atoms with Crippen molar-refractivity contribution in [3.63, 3.8) is 0 Å². The van der Waals surface area contributed by atoms with Crippen LogP contribution in [0.1, 0.15) is 23.7 Å².